The molecule has 2 aromatic carbocycles. The number of benzene rings is 2. The number of nitrogens with one attached hydrogen (secondary N) is 1. The second-order valence-corrected chi connectivity index (χ2v) is 8.50. The number of carbonyl (C=O) groups is 2. The van der Waals surface area contributed by atoms with E-state index in [9.17, 15) is 9.59 Å². The number of rotatable bonds is 8. The Morgan fingerprint density at radius 3 is 2.58 bits per heavy atom. The second kappa shape index (κ2) is 10.2. The summed E-state index contributed by atoms with van der Waals surface area (Å²) in [6.45, 7) is 2.54. The number of aryl methyl sites for hydroxylation is 1. The summed E-state index contributed by atoms with van der Waals surface area (Å²) in [7, 11) is 0. The molecule has 0 aliphatic carbocycles. The Hall–Kier alpha value is -3.78. The van der Waals surface area contributed by atoms with E-state index in [1.807, 2.05) is 66.2 Å². The van der Waals surface area contributed by atoms with E-state index in [-0.39, 0.29) is 18.2 Å². The zero-order valence-electron chi connectivity index (χ0n) is 18.0. The molecule has 0 spiro atoms. The van der Waals surface area contributed by atoms with Crippen LogP contribution in [-0.4, -0.2) is 31.3 Å². The highest BCUT2D eigenvalue weighted by atomic mass is 79.9. The van der Waals surface area contributed by atoms with Crippen molar-refractivity contribution in [2.75, 3.05) is 5.32 Å². The number of amides is 1. The fourth-order valence-corrected chi connectivity index (χ4v) is 3.51. The number of nitrogens with zero attached hydrogens (tertiary/aromatic N) is 4. The predicted octanol–water partition coefficient (Wildman–Crippen LogP) is 4.73. The molecule has 0 unspecified atom stereocenters. The van der Waals surface area contributed by atoms with Crippen molar-refractivity contribution in [1.82, 2.24) is 19.6 Å². The number of hydrogen-bond acceptors (Lipinski definition) is 4. The van der Waals surface area contributed by atoms with Crippen molar-refractivity contribution in [2.24, 2.45) is 0 Å². The fourth-order valence-electron chi connectivity index (χ4n) is 3.24. The van der Waals surface area contributed by atoms with Crippen LogP contribution in [0.1, 0.15) is 27.3 Å². The van der Waals surface area contributed by atoms with Crippen LogP contribution in [0, 0.1) is 6.92 Å². The van der Waals surface area contributed by atoms with Crippen LogP contribution in [0.15, 0.2) is 83.6 Å². The van der Waals surface area contributed by atoms with E-state index >= 15 is 0 Å². The van der Waals surface area contributed by atoms with Gasteiger partial charge >= 0.3 is 0 Å². The Morgan fingerprint density at radius 2 is 1.82 bits per heavy atom. The lowest BCUT2D eigenvalue weighted by atomic mass is 10.1. The zero-order valence-corrected chi connectivity index (χ0v) is 19.6. The molecule has 2 heterocycles. The molecule has 0 aliphatic rings. The summed E-state index contributed by atoms with van der Waals surface area (Å²) >= 11 is 3.37. The van der Waals surface area contributed by atoms with Gasteiger partial charge in [0.05, 0.1) is 12.7 Å². The Bertz CT molecular complexity index is 1290. The van der Waals surface area contributed by atoms with Crippen LogP contribution < -0.4 is 5.32 Å². The number of halogens is 1. The number of carbonyl (C=O) groups excluding carboxylic acids is 2. The lowest BCUT2D eigenvalue weighted by Crippen LogP contribution is -2.19. The van der Waals surface area contributed by atoms with Crippen LogP contribution in [0.5, 0.6) is 0 Å². The monoisotopic (exact) mass is 503 g/mol. The van der Waals surface area contributed by atoms with Gasteiger partial charge in [0.15, 0.2) is 5.78 Å². The maximum atomic E-state index is 12.4. The van der Waals surface area contributed by atoms with Crippen molar-refractivity contribution in [1.29, 1.82) is 0 Å². The summed E-state index contributed by atoms with van der Waals surface area (Å²) in [4.78, 5) is 24.7. The van der Waals surface area contributed by atoms with Gasteiger partial charge in [-0.15, -0.1) is 5.10 Å². The van der Waals surface area contributed by atoms with Gasteiger partial charge in [0.25, 0.3) is 0 Å². The Balaban J connectivity index is 1.36. The molecule has 7 nitrogen and oxygen atoms in total. The molecule has 8 heteroatoms. The number of allylic oxidation sites excluding steroid dienone is 1. The van der Waals surface area contributed by atoms with Gasteiger partial charge in [0.2, 0.25) is 5.91 Å². The average Bonchev–Trinajstić information content (AvgIpc) is 3.43. The molecule has 1 amide bonds. The maximum Gasteiger partial charge on any atom is 0.246 e. The van der Waals surface area contributed by atoms with Gasteiger partial charge in [-0.3, -0.25) is 9.59 Å². The first kappa shape index (κ1) is 22.4. The van der Waals surface area contributed by atoms with Gasteiger partial charge in [-0.1, -0.05) is 38.8 Å². The first-order valence-electron chi connectivity index (χ1n) is 10.3. The standard InChI is InChI=1S/C25H22BrN5O2/c1-18-4-10-21(11-5-18)27-25(33)17-31-16-22(28-29-31)15-30-14-2-3-23(30)12-13-24(32)19-6-8-20(26)9-7-19/h2-14,16H,15,17H2,1H3,(H,27,33)/b13-12+. The first-order valence-corrected chi connectivity index (χ1v) is 11.1. The third-order valence-electron chi connectivity index (χ3n) is 4.96. The Kier molecular flexibility index (Phi) is 6.95. The minimum atomic E-state index is -0.175. The van der Waals surface area contributed by atoms with Crippen LogP contribution in [0.4, 0.5) is 5.69 Å². The number of anilines is 1. The van der Waals surface area contributed by atoms with Gasteiger partial charge < -0.3 is 9.88 Å². The highest BCUT2D eigenvalue weighted by molar-refractivity contribution is 9.10. The molecule has 0 bridgehead atoms. The van der Waals surface area contributed by atoms with Crippen molar-refractivity contribution in [3.8, 4) is 0 Å². The molecule has 4 aromatic rings. The molecule has 0 radical (unpaired) electrons. The fraction of sp³-hybridized carbons (Fsp3) is 0.120. The van der Waals surface area contributed by atoms with Gasteiger partial charge in [-0.2, -0.15) is 0 Å². The molecule has 0 aliphatic heterocycles. The van der Waals surface area contributed by atoms with Crippen LogP contribution in [0.2, 0.25) is 0 Å². The summed E-state index contributed by atoms with van der Waals surface area (Å²) in [5.41, 5.74) is 4.08. The lowest BCUT2D eigenvalue weighted by molar-refractivity contribution is -0.116. The number of aromatic nitrogens is 4. The minimum absolute atomic E-state index is 0.0687. The molecule has 1 N–H and O–H groups in total. The van der Waals surface area contributed by atoms with E-state index in [2.05, 4.69) is 31.6 Å². The van der Waals surface area contributed by atoms with Crippen molar-refractivity contribution in [3.63, 3.8) is 0 Å². The molecule has 0 saturated heterocycles. The predicted molar refractivity (Wildman–Crippen MR) is 131 cm³/mol. The molecule has 0 fully saturated rings. The molecule has 2 aromatic heterocycles. The van der Waals surface area contributed by atoms with Gasteiger partial charge in [0, 0.05) is 27.6 Å². The third-order valence-corrected chi connectivity index (χ3v) is 5.49. The minimum Gasteiger partial charge on any atom is -0.342 e. The first-order chi connectivity index (χ1) is 16.0. The normalized spacial score (nSPS) is 11.1. The van der Waals surface area contributed by atoms with Crippen molar-refractivity contribution in [2.45, 2.75) is 20.0 Å². The van der Waals surface area contributed by atoms with E-state index in [1.54, 1.807) is 30.5 Å². The van der Waals surface area contributed by atoms with Gasteiger partial charge in [0.1, 0.15) is 12.2 Å². The molecule has 4 rings (SSSR count). The van der Waals surface area contributed by atoms with E-state index in [1.165, 1.54) is 4.68 Å². The highest BCUT2D eigenvalue weighted by Crippen LogP contribution is 2.13. The van der Waals surface area contributed by atoms with Crippen LogP contribution in [0.25, 0.3) is 6.08 Å². The lowest BCUT2D eigenvalue weighted by Gasteiger charge is -2.05. The van der Waals surface area contributed by atoms with E-state index in [0.717, 1.165) is 21.4 Å². The average molecular weight is 504 g/mol. The van der Waals surface area contributed by atoms with Gasteiger partial charge in [-0.05, 0) is 67.6 Å². The highest BCUT2D eigenvalue weighted by Gasteiger charge is 2.09. The Morgan fingerprint density at radius 1 is 1.06 bits per heavy atom. The van der Waals surface area contributed by atoms with Crippen LogP contribution in [0.3, 0.4) is 0 Å². The van der Waals surface area contributed by atoms with Crippen LogP contribution in [-0.2, 0) is 17.9 Å². The van der Waals surface area contributed by atoms with E-state index in [0.29, 0.717) is 17.8 Å². The molecule has 33 heavy (non-hydrogen) atoms. The molecule has 0 saturated carbocycles. The third kappa shape index (κ3) is 6.14. The maximum absolute atomic E-state index is 12.4. The van der Waals surface area contributed by atoms with Crippen molar-refractivity contribution >= 4 is 39.4 Å². The SMILES string of the molecule is Cc1ccc(NC(=O)Cn2cc(Cn3cccc3/C=C/C(=O)c3ccc(Br)cc3)nn2)cc1. The summed E-state index contributed by atoms with van der Waals surface area (Å²) in [5, 5.41) is 11.1. The number of hydrogen-bond donors (Lipinski definition) is 1. The van der Waals surface area contributed by atoms with E-state index in [4.69, 9.17) is 0 Å². The molecule has 0 atom stereocenters. The van der Waals surface area contributed by atoms with Crippen molar-refractivity contribution < 1.29 is 9.59 Å². The zero-order chi connectivity index (χ0) is 23.2. The van der Waals surface area contributed by atoms with Gasteiger partial charge in [-0.25, -0.2) is 4.68 Å². The van der Waals surface area contributed by atoms with Crippen LogP contribution >= 0.6 is 15.9 Å². The van der Waals surface area contributed by atoms with E-state index < -0.39 is 0 Å². The molecular weight excluding hydrogens is 482 g/mol. The van der Waals surface area contributed by atoms with Crippen molar-refractivity contribution in [3.05, 3.63) is 106 Å². The summed E-state index contributed by atoms with van der Waals surface area (Å²) in [6, 6.07) is 18.7. The topological polar surface area (TPSA) is 81.8 Å². The summed E-state index contributed by atoms with van der Waals surface area (Å²) < 4.78 is 4.40. The quantitative estimate of drug-likeness (QED) is 0.278. The molecular formula is C25H22BrN5O2. The largest absolute Gasteiger partial charge is 0.342 e. The summed E-state index contributed by atoms with van der Waals surface area (Å²) in [5.74, 6) is -0.243. The smallest absolute Gasteiger partial charge is 0.246 e. The number of ketones is 1. The second-order valence-electron chi connectivity index (χ2n) is 7.59. The summed E-state index contributed by atoms with van der Waals surface area (Å²) in [6.07, 6.45) is 6.99. The molecule has 166 valence electrons. The Labute approximate surface area is 199 Å².